The van der Waals surface area contributed by atoms with E-state index in [2.05, 4.69) is 9.97 Å². The van der Waals surface area contributed by atoms with Gasteiger partial charge < -0.3 is 10.7 Å². The van der Waals surface area contributed by atoms with Crippen LogP contribution in [0.25, 0.3) is 11.3 Å². The van der Waals surface area contributed by atoms with Crippen LogP contribution in [-0.4, -0.2) is 9.97 Å². The molecule has 3 heteroatoms. The van der Waals surface area contributed by atoms with Crippen LogP contribution < -0.4 is 5.73 Å². The van der Waals surface area contributed by atoms with Crippen molar-refractivity contribution >= 4 is 5.95 Å². The SMILES string of the molecule is Nc1ncc2cccc-2[nH]1. The second kappa shape index (κ2) is 1.73. The Morgan fingerprint density at radius 3 is 3.20 bits per heavy atom. The molecular weight excluding hydrogens is 126 g/mol. The molecule has 0 bridgehead atoms. The number of anilines is 1. The van der Waals surface area contributed by atoms with Gasteiger partial charge in [-0.1, -0.05) is 12.1 Å². The second-order valence-corrected chi connectivity index (χ2v) is 2.16. The summed E-state index contributed by atoms with van der Waals surface area (Å²) in [6.07, 6.45) is 1.75. The number of aromatic amines is 1. The molecule has 0 fully saturated rings. The molecule has 0 saturated carbocycles. The van der Waals surface area contributed by atoms with Crippen LogP contribution in [0.1, 0.15) is 0 Å². The molecule has 2 aliphatic rings. The third-order valence-electron chi connectivity index (χ3n) is 1.46. The average molecular weight is 133 g/mol. The van der Waals surface area contributed by atoms with Gasteiger partial charge in [0.25, 0.3) is 0 Å². The molecule has 0 aromatic carbocycles. The number of hydrogen-bond donors (Lipinski definition) is 2. The van der Waals surface area contributed by atoms with Gasteiger partial charge in [-0.2, -0.15) is 0 Å². The van der Waals surface area contributed by atoms with Gasteiger partial charge in [-0.05, 0) is 6.07 Å². The van der Waals surface area contributed by atoms with Gasteiger partial charge in [-0.3, -0.25) is 0 Å². The summed E-state index contributed by atoms with van der Waals surface area (Å²) in [6, 6.07) is 5.91. The predicted octanol–water partition coefficient (Wildman–Crippen LogP) is 1.10. The van der Waals surface area contributed by atoms with Crippen LogP contribution in [0.3, 0.4) is 0 Å². The van der Waals surface area contributed by atoms with Gasteiger partial charge in [-0.25, -0.2) is 4.98 Å². The van der Waals surface area contributed by atoms with Gasteiger partial charge in [0.1, 0.15) is 0 Å². The normalized spacial score (nSPS) is 10.4. The summed E-state index contributed by atoms with van der Waals surface area (Å²) < 4.78 is 0. The van der Waals surface area contributed by atoms with Crippen LogP contribution in [0.5, 0.6) is 0 Å². The Kier molecular flexibility index (Phi) is 0.917. The zero-order valence-corrected chi connectivity index (χ0v) is 5.33. The summed E-state index contributed by atoms with van der Waals surface area (Å²) in [5.74, 6) is 0.457. The van der Waals surface area contributed by atoms with Gasteiger partial charge >= 0.3 is 0 Å². The molecule has 0 spiro atoms. The Morgan fingerprint density at radius 2 is 2.30 bits per heavy atom. The molecular formula is C7H7N3. The van der Waals surface area contributed by atoms with Crippen molar-refractivity contribution < 1.29 is 0 Å². The topological polar surface area (TPSA) is 54.7 Å². The molecule has 0 aromatic heterocycles. The molecule has 0 atom stereocenters. The van der Waals surface area contributed by atoms with Crippen LogP contribution in [0.15, 0.2) is 24.4 Å². The lowest BCUT2D eigenvalue weighted by molar-refractivity contribution is 1.19. The highest BCUT2D eigenvalue weighted by Crippen LogP contribution is 2.18. The molecule has 3 nitrogen and oxygen atoms in total. The summed E-state index contributed by atoms with van der Waals surface area (Å²) in [5, 5.41) is 0. The molecule has 2 rings (SSSR count). The number of H-pyrrole nitrogens is 1. The maximum absolute atomic E-state index is 5.42. The van der Waals surface area contributed by atoms with Gasteiger partial charge in [0, 0.05) is 17.5 Å². The largest absolute Gasteiger partial charge is 0.369 e. The van der Waals surface area contributed by atoms with Crippen molar-refractivity contribution in [3.05, 3.63) is 24.4 Å². The molecule has 0 unspecified atom stereocenters. The third-order valence-corrected chi connectivity index (χ3v) is 1.46. The number of nitrogens with zero attached hydrogens (tertiary/aromatic N) is 1. The first-order chi connectivity index (χ1) is 4.86. The number of hydrogen-bond acceptors (Lipinski definition) is 2. The van der Waals surface area contributed by atoms with Crippen molar-refractivity contribution in [2.75, 3.05) is 5.73 Å². The van der Waals surface area contributed by atoms with Gasteiger partial charge in [0.2, 0.25) is 0 Å². The van der Waals surface area contributed by atoms with E-state index in [-0.39, 0.29) is 0 Å². The zero-order chi connectivity index (χ0) is 6.97. The molecule has 50 valence electrons. The second-order valence-electron chi connectivity index (χ2n) is 2.16. The predicted molar refractivity (Wildman–Crippen MR) is 39.6 cm³/mol. The van der Waals surface area contributed by atoms with E-state index in [9.17, 15) is 0 Å². The molecule has 0 saturated heterocycles. The van der Waals surface area contributed by atoms with E-state index in [1.165, 1.54) is 0 Å². The van der Waals surface area contributed by atoms with Crippen molar-refractivity contribution in [2.24, 2.45) is 0 Å². The molecule has 10 heavy (non-hydrogen) atoms. The number of nitrogens with two attached hydrogens (primary N) is 1. The minimum Gasteiger partial charge on any atom is -0.369 e. The average Bonchev–Trinajstić information content (AvgIpc) is 2.33. The third kappa shape index (κ3) is 0.639. The molecule has 1 aliphatic heterocycles. The minimum atomic E-state index is 0.457. The highest BCUT2D eigenvalue weighted by molar-refractivity contribution is 5.62. The lowest BCUT2D eigenvalue weighted by atomic mass is 10.3. The molecule has 0 radical (unpaired) electrons. The highest BCUT2D eigenvalue weighted by Gasteiger charge is 2.00. The van der Waals surface area contributed by atoms with Crippen molar-refractivity contribution in [1.29, 1.82) is 0 Å². The first-order valence-electron chi connectivity index (χ1n) is 3.05. The fourth-order valence-corrected chi connectivity index (χ4v) is 0.970. The van der Waals surface area contributed by atoms with Crippen molar-refractivity contribution in [1.82, 2.24) is 9.97 Å². The van der Waals surface area contributed by atoms with E-state index < -0.39 is 0 Å². The fourth-order valence-electron chi connectivity index (χ4n) is 0.970. The smallest absolute Gasteiger partial charge is 0.197 e. The van der Waals surface area contributed by atoms with Gasteiger partial charge in [-0.15, -0.1) is 0 Å². The first-order valence-corrected chi connectivity index (χ1v) is 3.05. The Morgan fingerprint density at radius 1 is 1.40 bits per heavy atom. The van der Waals surface area contributed by atoms with Gasteiger partial charge in [0.05, 0.1) is 0 Å². The first kappa shape index (κ1) is 5.29. The Hall–Kier alpha value is -1.51. The van der Waals surface area contributed by atoms with E-state index in [1.54, 1.807) is 6.20 Å². The Balaban J connectivity index is 2.75. The minimum absolute atomic E-state index is 0.457. The van der Waals surface area contributed by atoms with Crippen molar-refractivity contribution in [2.45, 2.75) is 0 Å². The van der Waals surface area contributed by atoms with Crippen molar-refractivity contribution in [3.63, 3.8) is 0 Å². The van der Waals surface area contributed by atoms with Crippen LogP contribution in [-0.2, 0) is 0 Å². The molecule has 1 aliphatic carbocycles. The standard InChI is InChI=1S/C7H7N3/c8-7-9-4-5-2-1-3-6(5)10-7/h1-4H,(H3,8,9,10). The Labute approximate surface area is 58.2 Å². The Bertz CT molecular complexity index is 313. The fraction of sp³-hybridized carbons (Fsp3) is 0. The van der Waals surface area contributed by atoms with E-state index in [1.807, 2.05) is 18.2 Å². The van der Waals surface area contributed by atoms with E-state index in [0.717, 1.165) is 11.3 Å². The molecule has 1 heterocycles. The summed E-state index contributed by atoms with van der Waals surface area (Å²) >= 11 is 0. The maximum atomic E-state index is 5.42. The van der Waals surface area contributed by atoms with E-state index in [0.29, 0.717) is 5.95 Å². The molecule has 0 aromatic rings. The van der Waals surface area contributed by atoms with E-state index in [4.69, 9.17) is 5.73 Å². The van der Waals surface area contributed by atoms with E-state index >= 15 is 0 Å². The lowest BCUT2D eigenvalue weighted by Crippen LogP contribution is -1.94. The summed E-state index contributed by atoms with van der Waals surface area (Å²) in [5.41, 5.74) is 7.54. The van der Waals surface area contributed by atoms with Crippen LogP contribution >= 0.6 is 0 Å². The van der Waals surface area contributed by atoms with Gasteiger partial charge in [0.15, 0.2) is 5.95 Å². The van der Waals surface area contributed by atoms with Crippen molar-refractivity contribution in [3.8, 4) is 11.3 Å². The molecule has 0 amide bonds. The number of aromatic nitrogens is 2. The molecule has 3 N–H and O–H groups in total. The van der Waals surface area contributed by atoms with Crippen LogP contribution in [0.2, 0.25) is 0 Å². The van der Waals surface area contributed by atoms with Crippen LogP contribution in [0, 0.1) is 0 Å². The summed E-state index contributed by atoms with van der Waals surface area (Å²) in [4.78, 5) is 6.84. The summed E-state index contributed by atoms with van der Waals surface area (Å²) in [7, 11) is 0. The highest BCUT2D eigenvalue weighted by atomic mass is 15.0. The lowest BCUT2D eigenvalue weighted by Gasteiger charge is -1.98. The number of rotatable bonds is 0. The maximum Gasteiger partial charge on any atom is 0.197 e. The van der Waals surface area contributed by atoms with Crippen LogP contribution in [0.4, 0.5) is 5.95 Å². The number of nitrogens with one attached hydrogen (secondary N) is 1. The quantitative estimate of drug-likeness (QED) is 0.565. The monoisotopic (exact) mass is 133 g/mol. The number of nitrogen functional groups attached to an aromatic ring is 1. The summed E-state index contributed by atoms with van der Waals surface area (Å²) in [6.45, 7) is 0. The number of fused-ring (bicyclic) bond motifs is 1. The zero-order valence-electron chi connectivity index (χ0n) is 5.33.